The third kappa shape index (κ3) is 4.54. The molecule has 1 N–H and O–H groups in total. The van der Waals surface area contributed by atoms with Crippen LogP contribution in [0.4, 0.5) is 0 Å². The van der Waals surface area contributed by atoms with Crippen LogP contribution in [0.15, 0.2) is 29.2 Å². The molecule has 0 spiro atoms. The first-order valence-corrected chi connectivity index (χ1v) is 7.61. The molecule has 18 heavy (non-hydrogen) atoms. The number of ether oxygens (including phenoxy) is 1. The second kappa shape index (κ2) is 8.44. The number of hydrogen-bond donors (Lipinski definition) is 1. The first kappa shape index (κ1) is 15.4. The largest absolute Gasteiger partial charge is 0.497 e. The van der Waals surface area contributed by atoms with Gasteiger partial charge in [-0.2, -0.15) is 0 Å². The molecule has 2 atom stereocenters. The van der Waals surface area contributed by atoms with E-state index in [0.717, 1.165) is 5.75 Å². The quantitative estimate of drug-likeness (QED) is 0.721. The van der Waals surface area contributed by atoms with Gasteiger partial charge in [0, 0.05) is 16.2 Å². The Morgan fingerprint density at radius 3 is 2.67 bits per heavy atom. The zero-order chi connectivity index (χ0) is 13.4. The van der Waals surface area contributed by atoms with E-state index in [1.807, 2.05) is 17.8 Å². The molecule has 0 saturated heterocycles. The van der Waals surface area contributed by atoms with Crippen LogP contribution in [-0.4, -0.2) is 25.4 Å². The van der Waals surface area contributed by atoms with Crippen molar-refractivity contribution in [3.8, 4) is 5.75 Å². The van der Waals surface area contributed by atoms with Gasteiger partial charge in [-0.1, -0.05) is 26.3 Å². The van der Waals surface area contributed by atoms with Crippen LogP contribution in [0.3, 0.4) is 0 Å². The fraction of sp³-hybridized carbons (Fsp3) is 0.600. The first-order chi connectivity index (χ1) is 8.74. The monoisotopic (exact) mass is 267 g/mol. The Morgan fingerprint density at radius 1 is 1.33 bits per heavy atom. The van der Waals surface area contributed by atoms with E-state index < -0.39 is 0 Å². The number of thioether (sulfide) groups is 1. The van der Waals surface area contributed by atoms with E-state index >= 15 is 0 Å². The van der Waals surface area contributed by atoms with E-state index in [9.17, 15) is 0 Å². The zero-order valence-corrected chi connectivity index (χ0v) is 12.7. The number of methoxy groups -OCH3 is 1. The predicted molar refractivity (Wildman–Crippen MR) is 80.7 cm³/mol. The highest BCUT2D eigenvalue weighted by atomic mass is 32.2. The van der Waals surface area contributed by atoms with Crippen molar-refractivity contribution in [2.75, 3.05) is 14.2 Å². The maximum absolute atomic E-state index is 5.28. The van der Waals surface area contributed by atoms with Crippen molar-refractivity contribution >= 4 is 11.8 Å². The molecule has 0 aliphatic heterocycles. The van der Waals surface area contributed by atoms with E-state index in [2.05, 4.69) is 44.4 Å². The van der Waals surface area contributed by atoms with Crippen LogP contribution in [0.1, 0.15) is 33.1 Å². The summed E-state index contributed by atoms with van der Waals surface area (Å²) in [5.41, 5.74) is 0. The second-order valence-corrected chi connectivity index (χ2v) is 5.74. The topological polar surface area (TPSA) is 21.3 Å². The molecule has 2 unspecified atom stereocenters. The summed E-state index contributed by atoms with van der Waals surface area (Å²) in [4.78, 5) is 1.29. The molecule has 0 aromatic heterocycles. The maximum Gasteiger partial charge on any atom is 0.119 e. The van der Waals surface area contributed by atoms with Crippen LogP contribution < -0.4 is 10.1 Å². The number of nitrogens with one attached hydrogen (secondary N) is 1. The Morgan fingerprint density at radius 2 is 2.11 bits per heavy atom. The lowest BCUT2D eigenvalue weighted by Crippen LogP contribution is -2.35. The Hall–Kier alpha value is -0.670. The van der Waals surface area contributed by atoms with E-state index in [-0.39, 0.29) is 0 Å². The molecule has 3 heteroatoms. The van der Waals surface area contributed by atoms with Gasteiger partial charge in [-0.15, -0.1) is 11.8 Å². The molecule has 0 fully saturated rings. The highest BCUT2D eigenvalue weighted by Gasteiger charge is 2.18. The third-order valence-corrected chi connectivity index (χ3v) is 4.64. The van der Waals surface area contributed by atoms with Gasteiger partial charge in [-0.25, -0.2) is 0 Å². The first-order valence-electron chi connectivity index (χ1n) is 6.73. The van der Waals surface area contributed by atoms with E-state index in [1.54, 1.807) is 7.11 Å². The van der Waals surface area contributed by atoms with Crippen LogP contribution in [0.25, 0.3) is 0 Å². The van der Waals surface area contributed by atoms with Gasteiger partial charge in [0.05, 0.1) is 7.11 Å². The van der Waals surface area contributed by atoms with Crippen LogP contribution in [0, 0.1) is 0 Å². The van der Waals surface area contributed by atoms with Crippen molar-refractivity contribution < 1.29 is 4.74 Å². The highest BCUT2D eigenvalue weighted by Crippen LogP contribution is 2.31. The standard InChI is InChI=1S/C15H25NOS/c1-5-8-14(16-3)15(6-2)18-13-10-7-9-12(11-13)17-4/h7,9-11,14-16H,5-6,8H2,1-4H3. The molecule has 2 nitrogen and oxygen atoms in total. The smallest absolute Gasteiger partial charge is 0.119 e. The summed E-state index contributed by atoms with van der Waals surface area (Å²) >= 11 is 1.95. The molecule has 0 heterocycles. The second-order valence-electron chi connectivity index (χ2n) is 4.43. The van der Waals surface area contributed by atoms with Crippen LogP contribution in [-0.2, 0) is 0 Å². The van der Waals surface area contributed by atoms with Crippen molar-refractivity contribution in [1.82, 2.24) is 5.32 Å². The van der Waals surface area contributed by atoms with Gasteiger partial charge < -0.3 is 10.1 Å². The van der Waals surface area contributed by atoms with E-state index in [0.29, 0.717) is 11.3 Å². The molecule has 0 aliphatic carbocycles. The normalized spacial score (nSPS) is 14.2. The number of rotatable bonds is 8. The fourth-order valence-corrected chi connectivity index (χ4v) is 3.42. The summed E-state index contributed by atoms with van der Waals surface area (Å²) in [5.74, 6) is 0.936. The van der Waals surface area contributed by atoms with Gasteiger partial charge in [-0.3, -0.25) is 0 Å². The van der Waals surface area contributed by atoms with Crippen LogP contribution >= 0.6 is 11.8 Å². The van der Waals surface area contributed by atoms with Gasteiger partial charge in [-0.05, 0) is 38.1 Å². The Labute approximate surface area is 116 Å². The molecule has 0 amide bonds. The molecule has 0 saturated carbocycles. The van der Waals surface area contributed by atoms with Crippen molar-refractivity contribution in [3.05, 3.63) is 24.3 Å². The van der Waals surface area contributed by atoms with Crippen molar-refractivity contribution in [2.24, 2.45) is 0 Å². The molecule has 0 aliphatic rings. The lowest BCUT2D eigenvalue weighted by molar-refractivity contribution is 0.413. The minimum Gasteiger partial charge on any atom is -0.497 e. The molecular formula is C15H25NOS. The fourth-order valence-electron chi connectivity index (χ4n) is 2.13. The molecule has 0 radical (unpaired) electrons. The molecule has 1 aromatic carbocycles. The Kier molecular flexibility index (Phi) is 7.21. The lowest BCUT2D eigenvalue weighted by Gasteiger charge is -2.25. The summed E-state index contributed by atoms with van der Waals surface area (Å²) in [5, 5.41) is 4.06. The summed E-state index contributed by atoms with van der Waals surface area (Å²) in [6, 6.07) is 8.91. The van der Waals surface area contributed by atoms with Crippen molar-refractivity contribution in [1.29, 1.82) is 0 Å². The number of hydrogen-bond acceptors (Lipinski definition) is 3. The maximum atomic E-state index is 5.28. The zero-order valence-electron chi connectivity index (χ0n) is 11.9. The van der Waals surface area contributed by atoms with Crippen LogP contribution in [0.5, 0.6) is 5.75 Å². The van der Waals surface area contributed by atoms with E-state index in [1.165, 1.54) is 24.2 Å². The SMILES string of the molecule is CCCC(NC)C(CC)Sc1cccc(OC)c1. The number of benzene rings is 1. The molecule has 1 rings (SSSR count). The molecule has 102 valence electrons. The average Bonchev–Trinajstić information content (AvgIpc) is 2.42. The van der Waals surface area contributed by atoms with Gasteiger partial charge >= 0.3 is 0 Å². The Balaban J connectivity index is 2.71. The molecular weight excluding hydrogens is 242 g/mol. The lowest BCUT2D eigenvalue weighted by atomic mass is 10.1. The molecule has 0 bridgehead atoms. The van der Waals surface area contributed by atoms with Crippen LogP contribution in [0.2, 0.25) is 0 Å². The minimum absolute atomic E-state index is 0.580. The minimum atomic E-state index is 0.580. The van der Waals surface area contributed by atoms with Gasteiger partial charge in [0.1, 0.15) is 5.75 Å². The third-order valence-electron chi connectivity index (χ3n) is 3.15. The van der Waals surface area contributed by atoms with Gasteiger partial charge in [0.15, 0.2) is 0 Å². The predicted octanol–water partition coefficient (Wildman–Crippen LogP) is 3.95. The van der Waals surface area contributed by atoms with Gasteiger partial charge in [0.25, 0.3) is 0 Å². The summed E-state index contributed by atoms with van der Waals surface area (Å²) in [7, 11) is 3.78. The van der Waals surface area contributed by atoms with Crippen molar-refractivity contribution in [2.45, 2.75) is 49.3 Å². The van der Waals surface area contributed by atoms with Gasteiger partial charge in [0.2, 0.25) is 0 Å². The Bertz CT molecular complexity index is 343. The average molecular weight is 267 g/mol. The summed E-state index contributed by atoms with van der Waals surface area (Å²) < 4.78 is 5.28. The summed E-state index contributed by atoms with van der Waals surface area (Å²) in [6.07, 6.45) is 3.63. The molecule has 1 aromatic rings. The highest BCUT2D eigenvalue weighted by molar-refractivity contribution is 8.00. The van der Waals surface area contributed by atoms with E-state index in [4.69, 9.17) is 4.74 Å². The summed E-state index contributed by atoms with van der Waals surface area (Å²) in [6.45, 7) is 4.51. The van der Waals surface area contributed by atoms with Crippen molar-refractivity contribution in [3.63, 3.8) is 0 Å².